The van der Waals surface area contributed by atoms with Gasteiger partial charge in [0.05, 0.1) is 13.2 Å². The van der Waals surface area contributed by atoms with Crippen LogP contribution in [-0.2, 0) is 0 Å². The van der Waals surface area contributed by atoms with Gasteiger partial charge in [-0.1, -0.05) is 40.5 Å². The van der Waals surface area contributed by atoms with Gasteiger partial charge in [0.2, 0.25) is 0 Å². The maximum Gasteiger partial charge on any atom is 0.124 e. The van der Waals surface area contributed by atoms with Crippen LogP contribution in [0.25, 0.3) is 0 Å². The molecule has 2 nitrogen and oxygen atoms in total. The monoisotopic (exact) mass is 367 g/mol. The minimum absolute atomic E-state index is 0.0415. The Bertz CT molecular complexity index is 610. The summed E-state index contributed by atoms with van der Waals surface area (Å²) in [6.07, 6.45) is 0. The number of benzene rings is 2. The fourth-order valence-corrected chi connectivity index (χ4v) is 3.28. The van der Waals surface area contributed by atoms with E-state index >= 15 is 0 Å². The van der Waals surface area contributed by atoms with Gasteiger partial charge in [-0.2, -0.15) is 0 Å². The molecular weight excluding hydrogens is 350 g/mol. The van der Waals surface area contributed by atoms with Gasteiger partial charge in [0.15, 0.2) is 0 Å². The van der Waals surface area contributed by atoms with E-state index in [2.05, 4.69) is 53.3 Å². The number of rotatable bonds is 5. The molecule has 0 fully saturated rings. The van der Waals surface area contributed by atoms with Gasteiger partial charge in [-0.3, -0.25) is 0 Å². The first-order valence-corrected chi connectivity index (χ1v) is 8.06. The lowest BCUT2D eigenvalue weighted by atomic mass is 9.96. The molecule has 1 N–H and O–H groups in total. The first kappa shape index (κ1) is 16.3. The molecule has 0 aliphatic rings. The van der Waals surface area contributed by atoms with Gasteiger partial charge < -0.3 is 10.1 Å². The van der Waals surface area contributed by atoms with Crippen molar-refractivity contribution in [3.8, 4) is 5.75 Å². The highest BCUT2D eigenvalue weighted by molar-refractivity contribution is 9.10. The SMILES string of the molecule is CCNC(c1cc(C)cc(Br)c1)c1cc(Cl)ccc1OC. The van der Waals surface area contributed by atoms with E-state index < -0.39 is 0 Å². The molecule has 2 aromatic rings. The van der Waals surface area contributed by atoms with Gasteiger partial charge in [-0.05, 0) is 54.9 Å². The molecule has 21 heavy (non-hydrogen) atoms. The van der Waals surface area contributed by atoms with Crippen LogP contribution in [0.1, 0.15) is 29.7 Å². The van der Waals surface area contributed by atoms with Crippen molar-refractivity contribution in [3.63, 3.8) is 0 Å². The Morgan fingerprint density at radius 3 is 2.62 bits per heavy atom. The lowest BCUT2D eigenvalue weighted by Crippen LogP contribution is -2.22. The average Bonchev–Trinajstić information content (AvgIpc) is 2.43. The molecule has 0 radical (unpaired) electrons. The second-order valence-corrected chi connectivity index (χ2v) is 6.29. The van der Waals surface area contributed by atoms with Crippen molar-refractivity contribution < 1.29 is 4.74 Å². The normalized spacial score (nSPS) is 12.2. The van der Waals surface area contributed by atoms with Gasteiger partial charge in [0.25, 0.3) is 0 Å². The highest BCUT2D eigenvalue weighted by atomic mass is 79.9. The Morgan fingerprint density at radius 2 is 2.00 bits per heavy atom. The molecule has 2 aromatic carbocycles. The summed E-state index contributed by atoms with van der Waals surface area (Å²) in [5.74, 6) is 0.836. The summed E-state index contributed by atoms with van der Waals surface area (Å²) in [6, 6.07) is 12.2. The van der Waals surface area contributed by atoms with Crippen molar-refractivity contribution >= 4 is 27.5 Å². The van der Waals surface area contributed by atoms with Gasteiger partial charge >= 0.3 is 0 Å². The van der Waals surface area contributed by atoms with Gasteiger partial charge in [-0.25, -0.2) is 0 Å². The van der Waals surface area contributed by atoms with Crippen LogP contribution in [0.2, 0.25) is 5.02 Å². The quantitative estimate of drug-likeness (QED) is 0.791. The van der Waals surface area contributed by atoms with E-state index in [1.54, 1.807) is 7.11 Å². The number of hydrogen-bond acceptors (Lipinski definition) is 2. The van der Waals surface area contributed by atoms with Crippen LogP contribution >= 0.6 is 27.5 Å². The van der Waals surface area contributed by atoms with Crippen molar-refractivity contribution in [2.75, 3.05) is 13.7 Å². The fourth-order valence-electron chi connectivity index (χ4n) is 2.47. The number of ether oxygens (including phenoxy) is 1. The minimum atomic E-state index is 0.0415. The largest absolute Gasteiger partial charge is 0.496 e. The first-order chi connectivity index (χ1) is 10.0. The van der Waals surface area contributed by atoms with Crippen molar-refractivity contribution in [1.82, 2.24) is 5.32 Å². The molecule has 112 valence electrons. The van der Waals surface area contributed by atoms with E-state index in [9.17, 15) is 0 Å². The predicted octanol–water partition coefficient (Wildman–Crippen LogP) is 5.12. The maximum atomic E-state index is 6.18. The second-order valence-electron chi connectivity index (χ2n) is 4.94. The summed E-state index contributed by atoms with van der Waals surface area (Å²) < 4.78 is 6.57. The van der Waals surface area contributed by atoms with E-state index in [0.29, 0.717) is 5.02 Å². The molecule has 0 saturated heterocycles. The molecule has 0 spiro atoms. The summed E-state index contributed by atoms with van der Waals surface area (Å²) in [4.78, 5) is 0. The molecule has 0 aromatic heterocycles. The summed E-state index contributed by atoms with van der Waals surface area (Å²) in [5.41, 5.74) is 3.44. The Kier molecular flexibility index (Phi) is 5.68. The minimum Gasteiger partial charge on any atom is -0.496 e. The van der Waals surface area contributed by atoms with Crippen molar-refractivity contribution in [2.45, 2.75) is 19.9 Å². The van der Waals surface area contributed by atoms with Crippen molar-refractivity contribution in [3.05, 3.63) is 62.6 Å². The van der Waals surface area contributed by atoms with Crippen LogP contribution in [-0.4, -0.2) is 13.7 Å². The van der Waals surface area contributed by atoms with E-state index in [4.69, 9.17) is 16.3 Å². The van der Waals surface area contributed by atoms with E-state index in [1.165, 1.54) is 11.1 Å². The van der Waals surface area contributed by atoms with Gasteiger partial charge in [0, 0.05) is 15.1 Å². The fraction of sp³-hybridized carbons (Fsp3) is 0.294. The molecular formula is C17H19BrClNO. The molecule has 2 rings (SSSR count). The van der Waals surface area contributed by atoms with Crippen LogP contribution in [0.5, 0.6) is 5.75 Å². The third-order valence-corrected chi connectivity index (χ3v) is 4.00. The van der Waals surface area contributed by atoms with Gasteiger partial charge in [0.1, 0.15) is 5.75 Å². The highest BCUT2D eigenvalue weighted by Crippen LogP contribution is 2.33. The molecule has 1 atom stereocenters. The lowest BCUT2D eigenvalue weighted by molar-refractivity contribution is 0.404. The van der Waals surface area contributed by atoms with Crippen LogP contribution in [0, 0.1) is 6.92 Å². The Balaban J connectivity index is 2.55. The van der Waals surface area contributed by atoms with Crippen molar-refractivity contribution in [1.29, 1.82) is 0 Å². The Hall–Kier alpha value is -1.03. The number of methoxy groups -OCH3 is 1. The van der Waals surface area contributed by atoms with Crippen LogP contribution in [0.3, 0.4) is 0 Å². The molecule has 4 heteroatoms. The summed E-state index contributed by atoms with van der Waals surface area (Å²) in [5, 5.41) is 4.22. The van der Waals surface area contributed by atoms with Crippen LogP contribution in [0.4, 0.5) is 0 Å². The lowest BCUT2D eigenvalue weighted by Gasteiger charge is -2.22. The molecule has 0 saturated carbocycles. The van der Waals surface area contributed by atoms with E-state index in [0.717, 1.165) is 22.3 Å². The van der Waals surface area contributed by atoms with E-state index in [-0.39, 0.29) is 6.04 Å². The molecule has 1 unspecified atom stereocenters. The smallest absolute Gasteiger partial charge is 0.124 e. The van der Waals surface area contributed by atoms with Crippen LogP contribution < -0.4 is 10.1 Å². The second kappa shape index (κ2) is 7.30. The summed E-state index contributed by atoms with van der Waals surface area (Å²) in [6.45, 7) is 5.03. The third kappa shape index (κ3) is 4.00. The zero-order chi connectivity index (χ0) is 15.4. The average molecular weight is 369 g/mol. The number of nitrogens with one attached hydrogen (secondary N) is 1. The predicted molar refractivity (Wildman–Crippen MR) is 92.4 cm³/mol. The first-order valence-electron chi connectivity index (χ1n) is 6.89. The topological polar surface area (TPSA) is 21.3 Å². The summed E-state index contributed by atoms with van der Waals surface area (Å²) in [7, 11) is 1.68. The van der Waals surface area contributed by atoms with Crippen molar-refractivity contribution in [2.24, 2.45) is 0 Å². The third-order valence-electron chi connectivity index (χ3n) is 3.31. The molecule has 0 bridgehead atoms. The summed E-state index contributed by atoms with van der Waals surface area (Å²) >= 11 is 9.75. The maximum absolute atomic E-state index is 6.18. The molecule has 0 aliphatic heterocycles. The Labute approximate surface area is 139 Å². The number of hydrogen-bond donors (Lipinski definition) is 1. The zero-order valence-corrected chi connectivity index (χ0v) is 14.8. The highest BCUT2D eigenvalue weighted by Gasteiger charge is 2.18. The standard InChI is InChI=1S/C17H19BrClNO/c1-4-20-17(12-7-11(2)8-13(18)9-12)15-10-14(19)5-6-16(15)21-3/h5-10,17,20H,4H2,1-3H3. The molecule has 0 amide bonds. The molecule has 0 aliphatic carbocycles. The number of halogens is 2. The zero-order valence-electron chi connectivity index (χ0n) is 12.4. The van der Waals surface area contributed by atoms with E-state index in [1.807, 2.05) is 18.2 Å². The molecule has 0 heterocycles. The Morgan fingerprint density at radius 1 is 1.24 bits per heavy atom. The van der Waals surface area contributed by atoms with Gasteiger partial charge in [-0.15, -0.1) is 0 Å². The number of aryl methyl sites for hydroxylation is 1. The van der Waals surface area contributed by atoms with Crippen LogP contribution in [0.15, 0.2) is 40.9 Å².